The van der Waals surface area contributed by atoms with Gasteiger partial charge in [0, 0.05) is 19.0 Å². The SMILES string of the molecule is CC(C(=O)O)N(C)C(=O)c1cc(NC(=O)OCC2c3ccccc3-c3ccccc32)on1. The van der Waals surface area contributed by atoms with Crippen molar-refractivity contribution in [2.24, 2.45) is 0 Å². The minimum absolute atomic E-state index is 0.0815. The molecule has 1 atom stereocenters. The molecule has 0 saturated heterocycles. The first kappa shape index (κ1) is 21.1. The van der Waals surface area contributed by atoms with Gasteiger partial charge in [0.05, 0.1) is 0 Å². The third-order valence-corrected chi connectivity index (χ3v) is 5.56. The van der Waals surface area contributed by atoms with Gasteiger partial charge in [0.25, 0.3) is 5.91 Å². The number of benzene rings is 2. The number of carbonyl (C=O) groups is 3. The molecule has 32 heavy (non-hydrogen) atoms. The molecular weight excluding hydrogens is 414 g/mol. The molecule has 0 bridgehead atoms. The van der Waals surface area contributed by atoms with Gasteiger partial charge in [-0.05, 0) is 29.2 Å². The molecule has 1 aliphatic carbocycles. The Bertz CT molecular complexity index is 1140. The van der Waals surface area contributed by atoms with Gasteiger partial charge in [0.15, 0.2) is 5.69 Å². The summed E-state index contributed by atoms with van der Waals surface area (Å²) in [5, 5.41) is 15.0. The molecule has 0 aliphatic heterocycles. The second kappa shape index (κ2) is 8.54. The molecule has 1 aliphatic rings. The topological polar surface area (TPSA) is 122 Å². The molecule has 1 heterocycles. The maximum absolute atomic E-state index is 12.3. The lowest BCUT2D eigenvalue weighted by atomic mass is 9.98. The highest BCUT2D eigenvalue weighted by molar-refractivity contribution is 5.95. The van der Waals surface area contributed by atoms with Crippen LogP contribution in [0.1, 0.15) is 34.5 Å². The van der Waals surface area contributed by atoms with Crippen molar-refractivity contribution in [3.05, 3.63) is 71.4 Å². The van der Waals surface area contributed by atoms with E-state index in [1.807, 2.05) is 48.5 Å². The minimum Gasteiger partial charge on any atom is -0.480 e. The van der Waals surface area contributed by atoms with Gasteiger partial charge in [0.2, 0.25) is 5.88 Å². The maximum atomic E-state index is 12.3. The molecule has 2 amide bonds. The van der Waals surface area contributed by atoms with Gasteiger partial charge >= 0.3 is 12.1 Å². The lowest BCUT2D eigenvalue weighted by Gasteiger charge is -2.19. The Kier molecular flexibility index (Phi) is 5.63. The minimum atomic E-state index is -1.15. The molecule has 2 aromatic carbocycles. The number of anilines is 1. The Morgan fingerprint density at radius 2 is 1.72 bits per heavy atom. The van der Waals surface area contributed by atoms with E-state index in [0.717, 1.165) is 27.2 Å². The number of ether oxygens (including phenoxy) is 1. The molecule has 1 aromatic heterocycles. The van der Waals surface area contributed by atoms with Crippen molar-refractivity contribution >= 4 is 23.9 Å². The Hall–Kier alpha value is -4.14. The summed E-state index contributed by atoms with van der Waals surface area (Å²) in [6, 6.07) is 16.2. The Morgan fingerprint density at radius 3 is 2.31 bits per heavy atom. The van der Waals surface area contributed by atoms with Crippen LogP contribution in [0, 0.1) is 0 Å². The molecule has 0 spiro atoms. The van der Waals surface area contributed by atoms with Crippen LogP contribution in [0.5, 0.6) is 0 Å². The summed E-state index contributed by atoms with van der Waals surface area (Å²) in [5.41, 5.74) is 4.29. The van der Waals surface area contributed by atoms with Crippen molar-refractivity contribution in [2.45, 2.75) is 18.9 Å². The monoisotopic (exact) mass is 435 g/mol. The van der Waals surface area contributed by atoms with Crippen molar-refractivity contribution < 1.29 is 28.8 Å². The van der Waals surface area contributed by atoms with Gasteiger partial charge in [-0.25, -0.2) is 9.59 Å². The predicted molar refractivity (Wildman–Crippen MR) is 114 cm³/mol. The first-order chi connectivity index (χ1) is 15.4. The summed E-state index contributed by atoms with van der Waals surface area (Å²) < 4.78 is 10.4. The van der Waals surface area contributed by atoms with Crippen LogP contribution in [0.15, 0.2) is 59.1 Å². The van der Waals surface area contributed by atoms with E-state index in [4.69, 9.17) is 14.4 Å². The van der Waals surface area contributed by atoms with E-state index in [2.05, 4.69) is 10.5 Å². The summed E-state index contributed by atoms with van der Waals surface area (Å²) in [6.07, 6.45) is -0.755. The number of likely N-dealkylation sites (N-methyl/N-ethyl adjacent to an activating group) is 1. The van der Waals surface area contributed by atoms with Crippen LogP contribution in [-0.4, -0.2) is 52.8 Å². The van der Waals surface area contributed by atoms with Gasteiger partial charge in [-0.1, -0.05) is 53.7 Å². The number of rotatable bonds is 6. The third-order valence-electron chi connectivity index (χ3n) is 5.56. The molecule has 0 saturated carbocycles. The number of nitrogens with one attached hydrogen (secondary N) is 1. The van der Waals surface area contributed by atoms with Crippen LogP contribution in [-0.2, 0) is 9.53 Å². The second-order valence-electron chi connectivity index (χ2n) is 7.46. The zero-order chi connectivity index (χ0) is 22.8. The number of amides is 2. The van der Waals surface area contributed by atoms with Gasteiger partial charge < -0.3 is 19.3 Å². The standard InChI is InChI=1S/C23H21N3O6/c1-13(22(28)29)26(2)21(27)19-11-20(32-25-19)24-23(30)31-12-18-16-9-5-3-7-14(16)15-8-4-6-10-17(15)18/h3-11,13,18H,12H2,1-2H3,(H,24,30)(H,28,29). The van der Waals surface area contributed by atoms with Crippen molar-refractivity contribution in [3.8, 4) is 11.1 Å². The molecule has 1 unspecified atom stereocenters. The van der Waals surface area contributed by atoms with E-state index in [1.165, 1.54) is 20.0 Å². The van der Waals surface area contributed by atoms with E-state index in [9.17, 15) is 14.4 Å². The van der Waals surface area contributed by atoms with Gasteiger partial charge in [0.1, 0.15) is 12.6 Å². The smallest absolute Gasteiger partial charge is 0.414 e. The Balaban J connectivity index is 1.40. The first-order valence-electron chi connectivity index (χ1n) is 9.95. The largest absolute Gasteiger partial charge is 0.480 e. The maximum Gasteiger partial charge on any atom is 0.414 e. The van der Waals surface area contributed by atoms with Crippen LogP contribution in [0.4, 0.5) is 10.7 Å². The van der Waals surface area contributed by atoms with Crippen molar-refractivity contribution in [1.82, 2.24) is 10.1 Å². The molecule has 0 radical (unpaired) electrons. The van der Waals surface area contributed by atoms with Crippen LogP contribution >= 0.6 is 0 Å². The van der Waals surface area contributed by atoms with E-state index in [0.29, 0.717) is 0 Å². The summed E-state index contributed by atoms with van der Waals surface area (Å²) in [5.74, 6) is -1.97. The number of fused-ring (bicyclic) bond motifs is 3. The molecule has 4 rings (SSSR count). The van der Waals surface area contributed by atoms with Crippen LogP contribution < -0.4 is 5.32 Å². The Morgan fingerprint density at radius 1 is 1.12 bits per heavy atom. The van der Waals surface area contributed by atoms with E-state index in [1.54, 1.807) is 0 Å². The highest BCUT2D eigenvalue weighted by atomic mass is 16.6. The molecule has 2 N–H and O–H groups in total. The summed E-state index contributed by atoms with van der Waals surface area (Å²) >= 11 is 0. The average molecular weight is 435 g/mol. The summed E-state index contributed by atoms with van der Waals surface area (Å²) in [7, 11) is 1.34. The number of hydrogen-bond acceptors (Lipinski definition) is 6. The number of hydrogen-bond donors (Lipinski definition) is 2. The molecule has 164 valence electrons. The number of carboxylic acid groups (broad SMARTS) is 1. The molecule has 9 heteroatoms. The normalized spacial score (nSPS) is 13.1. The summed E-state index contributed by atoms with van der Waals surface area (Å²) in [6.45, 7) is 1.49. The van der Waals surface area contributed by atoms with E-state index in [-0.39, 0.29) is 24.1 Å². The van der Waals surface area contributed by atoms with E-state index < -0.39 is 24.0 Å². The third kappa shape index (κ3) is 3.92. The molecular formula is C23H21N3O6. The zero-order valence-electron chi connectivity index (χ0n) is 17.4. The van der Waals surface area contributed by atoms with E-state index >= 15 is 0 Å². The molecule has 9 nitrogen and oxygen atoms in total. The zero-order valence-corrected chi connectivity index (χ0v) is 17.4. The van der Waals surface area contributed by atoms with Crippen LogP contribution in [0.3, 0.4) is 0 Å². The number of aromatic nitrogens is 1. The fourth-order valence-electron chi connectivity index (χ4n) is 3.69. The van der Waals surface area contributed by atoms with Crippen LogP contribution in [0.25, 0.3) is 11.1 Å². The lowest BCUT2D eigenvalue weighted by molar-refractivity contribution is -0.141. The van der Waals surface area contributed by atoms with Gasteiger partial charge in [-0.3, -0.25) is 10.1 Å². The highest BCUT2D eigenvalue weighted by Gasteiger charge is 2.29. The predicted octanol–water partition coefficient (Wildman–Crippen LogP) is 3.58. The number of nitrogens with zero attached hydrogens (tertiary/aromatic N) is 2. The van der Waals surface area contributed by atoms with Crippen LogP contribution in [0.2, 0.25) is 0 Å². The number of carboxylic acids is 1. The fourth-order valence-corrected chi connectivity index (χ4v) is 3.69. The molecule has 3 aromatic rings. The van der Waals surface area contributed by atoms with Crippen molar-refractivity contribution in [3.63, 3.8) is 0 Å². The Labute approximate surface area is 183 Å². The second-order valence-corrected chi connectivity index (χ2v) is 7.46. The number of aliphatic carboxylic acids is 1. The van der Waals surface area contributed by atoms with Gasteiger partial charge in [-0.2, -0.15) is 0 Å². The van der Waals surface area contributed by atoms with Crippen molar-refractivity contribution in [1.29, 1.82) is 0 Å². The number of carbonyl (C=O) groups excluding carboxylic acids is 2. The molecule has 0 fully saturated rings. The fraction of sp³-hybridized carbons (Fsp3) is 0.217. The van der Waals surface area contributed by atoms with Gasteiger partial charge in [-0.15, -0.1) is 0 Å². The highest BCUT2D eigenvalue weighted by Crippen LogP contribution is 2.44. The van der Waals surface area contributed by atoms with Crippen molar-refractivity contribution in [2.75, 3.05) is 19.0 Å². The quantitative estimate of drug-likeness (QED) is 0.607. The first-order valence-corrected chi connectivity index (χ1v) is 9.95. The average Bonchev–Trinajstić information content (AvgIpc) is 3.38. The summed E-state index contributed by atoms with van der Waals surface area (Å²) in [4.78, 5) is 36.7. The lowest BCUT2D eigenvalue weighted by Crippen LogP contribution is -2.40.